The van der Waals surface area contributed by atoms with Gasteiger partial charge in [-0.05, 0) is 42.6 Å². The quantitative estimate of drug-likeness (QED) is 0.353. The van der Waals surface area contributed by atoms with Crippen LogP contribution >= 0.6 is 0 Å². The van der Waals surface area contributed by atoms with Crippen molar-refractivity contribution in [2.45, 2.75) is 50.7 Å². The molecular weight excluding hydrogens is 406 g/mol. The van der Waals surface area contributed by atoms with Crippen molar-refractivity contribution in [1.82, 2.24) is 5.32 Å². The van der Waals surface area contributed by atoms with Crippen LogP contribution in [0, 0.1) is 6.92 Å². The molecule has 3 heteroatoms. The number of hydrogen-bond acceptors (Lipinski definition) is 1. The molecule has 1 fully saturated rings. The number of carbonyl (C=O) groups excluding carboxylic acids is 1. The van der Waals surface area contributed by atoms with Gasteiger partial charge in [-0.1, -0.05) is 121 Å². The lowest BCUT2D eigenvalue weighted by Gasteiger charge is -2.33. The molecule has 1 amide bonds. The second-order valence-corrected chi connectivity index (χ2v) is 13.3. The largest absolute Gasteiger partial charge is 0.345 e. The van der Waals surface area contributed by atoms with Gasteiger partial charge in [-0.3, -0.25) is 4.79 Å². The molecule has 0 bridgehead atoms. The van der Waals surface area contributed by atoms with Crippen LogP contribution in [0.3, 0.4) is 0 Å². The highest BCUT2D eigenvalue weighted by atomic mass is 28.3. The molecule has 0 spiro atoms. The first-order chi connectivity index (χ1) is 15.6. The Morgan fingerprint density at radius 1 is 0.875 bits per heavy atom. The van der Waals surface area contributed by atoms with Crippen molar-refractivity contribution in [1.29, 1.82) is 0 Å². The summed E-state index contributed by atoms with van der Waals surface area (Å²) in [7, 11) is -1.77. The zero-order valence-electron chi connectivity index (χ0n) is 19.0. The Hall–Kier alpha value is -2.91. The van der Waals surface area contributed by atoms with Crippen LogP contribution in [0.2, 0.25) is 12.1 Å². The first kappa shape index (κ1) is 22.3. The highest BCUT2D eigenvalue weighted by Crippen LogP contribution is 2.29. The molecule has 1 heterocycles. The fourth-order valence-electron chi connectivity index (χ4n) is 4.86. The molecule has 0 saturated carbocycles. The zero-order chi connectivity index (χ0) is 22.2. The molecule has 164 valence electrons. The van der Waals surface area contributed by atoms with Crippen LogP contribution in [0.1, 0.15) is 42.0 Å². The summed E-state index contributed by atoms with van der Waals surface area (Å²) in [5.41, 5.74) is 5.93. The van der Waals surface area contributed by atoms with Gasteiger partial charge < -0.3 is 5.32 Å². The van der Waals surface area contributed by atoms with Gasteiger partial charge >= 0.3 is 0 Å². The van der Waals surface area contributed by atoms with Crippen molar-refractivity contribution in [3.8, 4) is 0 Å². The molecule has 1 aliphatic rings. The van der Waals surface area contributed by atoms with Gasteiger partial charge in [-0.25, -0.2) is 0 Å². The van der Waals surface area contributed by atoms with E-state index in [9.17, 15) is 4.79 Å². The van der Waals surface area contributed by atoms with Crippen molar-refractivity contribution in [2.24, 2.45) is 0 Å². The topological polar surface area (TPSA) is 29.1 Å². The van der Waals surface area contributed by atoms with E-state index < -0.39 is 8.07 Å². The Labute approximate surface area is 193 Å². The van der Waals surface area contributed by atoms with Gasteiger partial charge in [-0.2, -0.15) is 0 Å². The fraction of sp³-hybridized carbons (Fsp3) is 0.276. The molecule has 0 aromatic heterocycles. The SMILES string of the molecule is Cc1ccc(CC(NC(=O)C=C[Si]2(c3ccccc3)CCCCC2)c2ccccc2)cc1. The summed E-state index contributed by atoms with van der Waals surface area (Å²) in [4.78, 5) is 13.1. The van der Waals surface area contributed by atoms with E-state index in [1.165, 1.54) is 47.7 Å². The smallest absolute Gasteiger partial charge is 0.243 e. The molecule has 0 aliphatic carbocycles. The summed E-state index contributed by atoms with van der Waals surface area (Å²) in [5, 5.41) is 4.76. The molecule has 3 aromatic rings. The lowest BCUT2D eigenvalue weighted by atomic mass is 9.98. The zero-order valence-corrected chi connectivity index (χ0v) is 20.0. The summed E-state index contributed by atoms with van der Waals surface area (Å²) in [6, 6.07) is 32.2. The van der Waals surface area contributed by atoms with Crippen LogP contribution in [0.5, 0.6) is 0 Å². The molecular formula is C29H33NOSi. The van der Waals surface area contributed by atoms with Gasteiger partial charge in [-0.15, -0.1) is 0 Å². The number of rotatable bonds is 7. The third kappa shape index (κ3) is 5.66. The van der Waals surface area contributed by atoms with Crippen LogP contribution in [0.25, 0.3) is 0 Å². The average molecular weight is 440 g/mol. The summed E-state index contributed by atoms with van der Waals surface area (Å²) in [5.74, 6) is 0.0133. The molecule has 1 saturated heterocycles. The van der Waals surface area contributed by atoms with Crippen LogP contribution in [0.4, 0.5) is 0 Å². The number of aryl methyl sites for hydroxylation is 1. The second-order valence-electron chi connectivity index (χ2n) is 9.08. The Kier molecular flexibility index (Phi) is 7.38. The monoisotopic (exact) mass is 439 g/mol. The predicted octanol–water partition coefficient (Wildman–Crippen LogP) is 6.03. The van der Waals surface area contributed by atoms with E-state index in [1.54, 1.807) is 0 Å². The summed E-state index contributed by atoms with van der Waals surface area (Å²) in [6.07, 6.45) is 6.48. The Bertz CT molecular complexity index is 1020. The minimum Gasteiger partial charge on any atom is -0.345 e. The molecule has 4 rings (SSSR count). The molecule has 1 aliphatic heterocycles. The lowest BCUT2D eigenvalue weighted by molar-refractivity contribution is -0.117. The van der Waals surface area contributed by atoms with Gasteiger partial charge in [0.15, 0.2) is 0 Å². The van der Waals surface area contributed by atoms with E-state index in [0.717, 1.165) is 12.0 Å². The van der Waals surface area contributed by atoms with Crippen LogP contribution in [-0.4, -0.2) is 14.0 Å². The first-order valence-corrected chi connectivity index (χ1v) is 14.3. The molecule has 1 unspecified atom stereocenters. The summed E-state index contributed by atoms with van der Waals surface area (Å²) in [6.45, 7) is 2.10. The second kappa shape index (κ2) is 10.6. The maximum Gasteiger partial charge on any atom is 0.243 e. The molecule has 3 aromatic carbocycles. The maximum absolute atomic E-state index is 13.1. The van der Waals surface area contributed by atoms with Gasteiger partial charge in [0.05, 0.1) is 6.04 Å². The predicted molar refractivity (Wildman–Crippen MR) is 137 cm³/mol. The average Bonchev–Trinajstić information content (AvgIpc) is 2.85. The van der Waals surface area contributed by atoms with Crippen LogP contribution in [-0.2, 0) is 11.2 Å². The van der Waals surface area contributed by atoms with E-state index in [-0.39, 0.29) is 11.9 Å². The van der Waals surface area contributed by atoms with Crippen molar-refractivity contribution >= 4 is 19.2 Å². The number of hydrogen-bond donors (Lipinski definition) is 1. The number of amides is 1. The standard InChI is InChI=1S/C29H33NOSi/c1-24-15-17-25(18-16-24)23-28(26-11-5-2-6-12-26)30-29(31)19-22-32(20-9-4-10-21-32)27-13-7-3-8-14-27/h2-3,5-8,11-19,22,28H,4,9-10,20-21,23H2,1H3,(H,30,31). The number of carbonyl (C=O) groups is 1. The minimum atomic E-state index is -1.77. The number of nitrogens with one attached hydrogen (secondary N) is 1. The van der Waals surface area contributed by atoms with E-state index in [2.05, 4.69) is 84.7 Å². The molecule has 1 atom stereocenters. The van der Waals surface area contributed by atoms with Gasteiger partial charge in [0, 0.05) is 0 Å². The fourth-order valence-corrected chi connectivity index (χ4v) is 9.30. The van der Waals surface area contributed by atoms with E-state index in [4.69, 9.17) is 0 Å². The summed E-state index contributed by atoms with van der Waals surface area (Å²) >= 11 is 0. The third-order valence-corrected chi connectivity index (χ3v) is 11.5. The third-order valence-electron chi connectivity index (χ3n) is 6.73. The van der Waals surface area contributed by atoms with Crippen molar-refractivity contribution in [3.05, 3.63) is 113 Å². The molecule has 0 radical (unpaired) electrons. The van der Waals surface area contributed by atoms with Crippen LogP contribution in [0.15, 0.2) is 96.7 Å². The number of benzene rings is 3. The Balaban J connectivity index is 1.53. The van der Waals surface area contributed by atoms with Crippen molar-refractivity contribution in [3.63, 3.8) is 0 Å². The highest BCUT2D eigenvalue weighted by Gasteiger charge is 2.34. The maximum atomic E-state index is 13.1. The molecule has 1 N–H and O–H groups in total. The van der Waals surface area contributed by atoms with Crippen LogP contribution < -0.4 is 10.5 Å². The normalized spacial score (nSPS) is 16.5. The highest BCUT2D eigenvalue weighted by molar-refractivity contribution is 6.96. The summed E-state index contributed by atoms with van der Waals surface area (Å²) < 4.78 is 0. The van der Waals surface area contributed by atoms with E-state index >= 15 is 0 Å². The first-order valence-electron chi connectivity index (χ1n) is 11.8. The minimum absolute atomic E-state index is 0.0133. The molecule has 2 nitrogen and oxygen atoms in total. The van der Waals surface area contributed by atoms with Gasteiger partial charge in [0.25, 0.3) is 0 Å². The van der Waals surface area contributed by atoms with E-state index in [1.807, 2.05) is 24.3 Å². The van der Waals surface area contributed by atoms with E-state index in [0.29, 0.717) is 0 Å². The van der Waals surface area contributed by atoms with Gasteiger partial charge in [0.1, 0.15) is 8.07 Å². The Morgan fingerprint density at radius 3 is 2.16 bits per heavy atom. The lowest BCUT2D eigenvalue weighted by Crippen LogP contribution is -2.47. The van der Waals surface area contributed by atoms with Crippen molar-refractivity contribution < 1.29 is 4.79 Å². The van der Waals surface area contributed by atoms with Crippen molar-refractivity contribution in [2.75, 3.05) is 0 Å². The van der Waals surface area contributed by atoms with Gasteiger partial charge in [0.2, 0.25) is 5.91 Å². The Morgan fingerprint density at radius 2 is 1.50 bits per heavy atom. The molecule has 32 heavy (non-hydrogen) atoms.